The molecule has 1 aliphatic carbocycles. The molecule has 0 radical (unpaired) electrons. The average Bonchev–Trinajstić information content (AvgIpc) is 2.98. The summed E-state index contributed by atoms with van der Waals surface area (Å²) in [5.74, 6) is 0.499. The number of pyridine rings is 2. The van der Waals surface area contributed by atoms with Crippen molar-refractivity contribution in [1.29, 1.82) is 5.26 Å². The smallest absolute Gasteiger partial charge is 0.259 e. The van der Waals surface area contributed by atoms with Crippen LogP contribution in [0.5, 0.6) is 5.88 Å². The van der Waals surface area contributed by atoms with Crippen molar-refractivity contribution in [1.82, 2.24) is 14.9 Å². The largest absolute Gasteiger partial charge is 0.478 e. The van der Waals surface area contributed by atoms with Crippen LogP contribution in [0.1, 0.15) is 36.9 Å². The molecule has 8 nitrogen and oxygen atoms in total. The van der Waals surface area contributed by atoms with Crippen molar-refractivity contribution in [3.05, 3.63) is 41.9 Å². The Kier molecular flexibility index (Phi) is 6.09. The van der Waals surface area contributed by atoms with Crippen molar-refractivity contribution < 1.29 is 9.53 Å². The first kappa shape index (κ1) is 22.1. The molecule has 9 heteroatoms. The van der Waals surface area contributed by atoms with E-state index in [2.05, 4.69) is 20.9 Å². The molecule has 1 spiro atoms. The highest BCUT2D eigenvalue weighted by atomic mass is 32.1. The highest BCUT2D eigenvalue weighted by Gasteiger charge is 2.59. The number of hydrogen-bond donors (Lipinski definition) is 0. The predicted molar refractivity (Wildman–Crippen MR) is 126 cm³/mol. The lowest BCUT2D eigenvalue weighted by Gasteiger charge is -2.42. The van der Waals surface area contributed by atoms with Crippen LogP contribution in [0.3, 0.4) is 0 Å². The van der Waals surface area contributed by atoms with Crippen LogP contribution in [0.15, 0.2) is 30.6 Å². The fraction of sp³-hybridized carbons (Fsp3) is 0.435. The summed E-state index contributed by atoms with van der Waals surface area (Å²) in [6.45, 7) is 3.34. The van der Waals surface area contributed by atoms with Crippen LogP contribution in [0, 0.1) is 18.3 Å². The van der Waals surface area contributed by atoms with Crippen LogP contribution < -0.4 is 14.5 Å². The van der Waals surface area contributed by atoms with Gasteiger partial charge in [-0.05, 0) is 76.6 Å². The van der Waals surface area contributed by atoms with Crippen molar-refractivity contribution >= 4 is 34.6 Å². The van der Waals surface area contributed by atoms with E-state index in [1.165, 1.54) is 6.20 Å². The molecule has 32 heavy (non-hydrogen) atoms. The first-order valence-electron chi connectivity index (χ1n) is 10.7. The van der Waals surface area contributed by atoms with E-state index >= 15 is 0 Å². The maximum absolute atomic E-state index is 13.5. The molecule has 2 aromatic heterocycles. The van der Waals surface area contributed by atoms with Gasteiger partial charge in [0.2, 0.25) is 5.88 Å². The highest BCUT2D eigenvalue weighted by Crippen LogP contribution is 2.47. The van der Waals surface area contributed by atoms with Crippen LogP contribution in [0.2, 0.25) is 0 Å². The Morgan fingerprint density at radius 3 is 2.56 bits per heavy atom. The molecule has 0 N–H and O–H groups in total. The third-order valence-corrected chi connectivity index (χ3v) is 6.36. The van der Waals surface area contributed by atoms with Crippen molar-refractivity contribution in [2.45, 2.75) is 38.1 Å². The normalized spacial score (nSPS) is 17.1. The van der Waals surface area contributed by atoms with E-state index in [1.54, 1.807) is 24.1 Å². The van der Waals surface area contributed by atoms with E-state index in [0.717, 1.165) is 37.9 Å². The third-order valence-electron chi connectivity index (χ3n) is 6.00. The minimum Gasteiger partial charge on any atom is -0.478 e. The SMILES string of the molecule is Cc1cc(N2C(=O)C3(CCC3)N(c3ccc(OCCCN(C)C)nc3)C2=S)cnc1C#N. The first-order chi connectivity index (χ1) is 15.4. The lowest BCUT2D eigenvalue weighted by atomic mass is 9.75. The zero-order chi connectivity index (χ0) is 22.9. The molecule has 2 fully saturated rings. The third kappa shape index (κ3) is 3.80. The summed E-state index contributed by atoms with van der Waals surface area (Å²) in [7, 11) is 4.06. The number of carbonyl (C=O) groups excluding carboxylic acids is 1. The fourth-order valence-electron chi connectivity index (χ4n) is 4.16. The summed E-state index contributed by atoms with van der Waals surface area (Å²) in [6, 6.07) is 7.57. The van der Waals surface area contributed by atoms with Gasteiger partial charge in [0, 0.05) is 12.6 Å². The second-order valence-electron chi connectivity index (χ2n) is 8.47. The lowest BCUT2D eigenvalue weighted by Crippen LogP contribution is -2.55. The Morgan fingerprint density at radius 1 is 1.25 bits per heavy atom. The average molecular weight is 451 g/mol. The molecular weight excluding hydrogens is 424 g/mol. The number of aromatic nitrogens is 2. The van der Waals surface area contributed by atoms with Gasteiger partial charge in [-0.1, -0.05) is 0 Å². The first-order valence-corrected chi connectivity index (χ1v) is 11.1. The zero-order valence-corrected chi connectivity index (χ0v) is 19.4. The van der Waals surface area contributed by atoms with E-state index in [1.807, 2.05) is 31.1 Å². The van der Waals surface area contributed by atoms with Gasteiger partial charge in [-0.15, -0.1) is 0 Å². The van der Waals surface area contributed by atoms with Crippen LogP contribution >= 0.6 is 12.2 Å². The highest BCUT2D eigenvalue weighted by molar-refractivity contribution is 7.81. The summed E-state index contributed by atoms with van der Waals surface area (Å²) in [4.78, 5) is 27.7. The number of anilines is 2. The molecular formula is C23H26N6O2S. The number of hydrogen-bond acceptors (Lipinski definition) is 7. The molecule has 2 aliphatic rings. The molecule has 1 saturated carbocycles. The Bertz CT molecular complexity index is 1070. The summed E-state index contributed by atoms with van der Waals surface area (Å²) < 4.78 is 5.74. The van der Waals surface area contributed by atoms with Crippen LogP contribution in [-0.4, -0.2) is 58.7 Å². The van der Waals surface area contributed by atoms with E-state index in [-0.39, 0.29) is 5.91 Å². The summed E-state index contributed by atoms with van der Waals surface area (Å²) in [5.41, 5.74) is 1.71. The van der Waals surface area contributed by atoms with Gasteiger partial charge in [-0.25, -0.2) is 9.97 Å². The summed E-state index contributed by atoms with van der Waals surface area (Å²) in [6.07, 6.45) is 6.59. The second-order valence-corrected chi connectivity index (χ2v) is 8.84. The molecule has 2 aromatic rings. The number of rotatable bonds is 7. The number of nitrogens with zero attached hydrogens (tertiary/aromatic N) is 6. The van der Waals surface area contributed by atoms with E-state index in [0.29, 0.717) is 34.5 Å². The molecule has 166 valence electrons. The maximum Gasteiger partial charge on any atom is 0.259 e. The fourth-order valence-corrected chi connectivity index (χ4v) is 4.62. The molecule has 0 aromatic carbocycles. The van der Waals surface area contributed by atoms with Gasteiger partial charge in [-0.3, -0.25) is 9.69 Å². The minimum absolute atomic E-state index is 0.0522. The van der Waals surface area contributed by atoms with E-state index in [9.17, 15) is 4.79 Å². The number of ether oxygens (including phenoxy) is 1. The zero-order valence-electron chi connectivity index (χ0n) is 18.5. The van der Waals surface area contributed by atoms with Gasteiger partial charge in [-0.2, -0.15) is 5.26 Å². The van der Waals surface area contributed by atoms with Gasteiger partial charge in [0.25, 0.3) is 5.91 Å². The number of amides is 1. The van der Waals surface area contributed by atoms with E-state index < -0.39 is 5.54 Å². The van der Waals surface area contributed by atoms with Gasteiger partial charge in [0.1, 0.15) is 17.3 Å². The maximum atomic E-state index is 13.5. The van der Waals surface area contributed by atoms with Crippen molar-refractivity contribution in [2.24, 2.45) is 0 Å². The lowest BCUT2D eigenvalue weighted by molar-refractivity contribution is -0.123. The number of thiocarbonyl (C=S) groups is 1. The number of nitriles is 1. The molecule has 0 bridgehead atoms. The Balaban J connectivity index is 1.57. The number of carbonyl (C=O) groups is 1. The predicted octanol–water partition coefficient (Wildman–Crippen LogP) is 3.05. The van der Waals surface area contributed by atoms with Gasteiger partial charge in [0.05, 0.1) is 30.4 Å². The Labute approximate surface area is 193 Å². The summed E-state index contributed by atoms with van der Waals surface area (Å²) >= 11 is 5.77. The second kappa shape index (κ2) is 8.81. The van der Waals surface area contributed by atoms with E-state index in [4.69, 9.17) is 22.2 Å². The molecule has 4 rings (SSSR count). The monoisotopic (exact) mass is 450 g/mol. The quantitative estimate of drug-likeness (QED) is 0.470. The molecule has 0 atom stereocenters. The minimum atomic E-state index is -0.686. The van der Waals surface area contributed by atoms with Crippen molar-refractivity contribution in [3.63, 3.8) is 0 Å². The van der Waals surface area contributed by atoms with Crippen molar-refractivity contribution in [3.8, 4) is 11.9 Å². The summed E-state index contributed by atoms with van der Waals surface area (Å²) in [5, 5.41) is 9.57. The van der Waals surface area contributed by atoms with Crippen LogP contribution in [-0.2, 0) is 4.79 Å². The molecule has 1 amide bonds. The standard InChI is InChI=1S/C23H26N6O2S/c1-16-12-18(15-25-19(16)13-24)28-21(30)23(8-4-9-23)29(22(28)32)17-6-7-20(26-14-17)31-11-5-10-27(2)3/h6-7,12,14-15H,4-5,8-11H2,1-3H3. The topological polar surface area (TPSA) is 85.6 Å². The van der Waals surface area contributed by atoms with Crippen LogP contribution in [0.25, 0.3) is 0 Å². The number of aryl methyl sites for hydroxylation is 1. The Morgan fingerprint density at radius 2 is 2.00 bits per heavy atom. The van der Waals surface area contributed by atoms with Gasteiger partial charge >= 0.3 is 0 Å². The van der Waals surface area contributed by atoms with Gasteiger partial charge < -0.3 is 14.5 Å². The molecule has 1 saturated heterocycles. The Hall–Kier alpha value is -3.09. The van der Waals surface area contributed by atoms with Crippen LogP contribution in [0.4, 0.5) is 11.4 Å². The molecule has 1 aliphatic heterocycles. The van der Waals surface area contributed by atoms with Crippen molar-refractivity contribution in [2.75, 3.05) is 37.0 Å². The molecule has 0 unspecified atom stereocenters. The van der Waals surface area contributed by atoms with Gasteiger partial charge in [0.15, 0.2) is 5.11 Å². The molecule has 3 heterocycles.